The number of Topliss-reactive ketones (excluding diaryl/α,β-unsaturated/α-hetero) is 1. The number of anilines is 1. The molecule has 1 aliphatic carbocycles. The van der Waals surface area contributed by atoms with Gasteiger partial charge in [0, 0.05) is 12.3 Å². The number of benzene rings is 1. The van der Waals surface area contributed by atoms with Crippen molar-refractivity contribution in [2.24, 2.45) is 0 Å². The number of alkyl carbamates (subject to hydrolysis) is 1. The molecule has 1 aromatic carbocycles. The van der Waals surface area contributed by atoms with Gasteiger partial charge in [-0.3, -0.25) is 14.6 Å². The van der Waals surface area contributed by atoms with E-state index in [0.717, 1.165) is 0 Å². The first-order valence-corrected chi connectivity index (χ1v) is 9.84. The topological polar surface area (TPSA) is 107 Å². The van der Waals surface area contributed by atoms with Crippen molar-refractivity contribution in [1.29, 1.82) is 0 Å². The number of ether oxygens (including phenoxy) is 2. The molecule has 0 fully saturated rings. The number of nitrogens with one attached hydrogen (secondary N) is 2. The standard InChI is InChI=1S/C24H23N3O5/c1-24(2,3)32-23(30)26-12-5-7-15-13-16(31-4)9-10-18(15)27-19-14-20(28)21-17(22(19)29)8-6-11-25-21/h6,8-11,13-14,27H,12H2,1-4H3,(H,26,30). The zero-order valence-corrected chi connectivity index (χ0v) is 18.2. The molecule has 32 heavy (non-hydrogen) atoms. The Morgan fingerprint density at radius 2 is 1.97 bits per heavy atom. The number of amides is 1. The van der Waals surface area contributed by atoms with Crippen LogP contribution in [0.2, 0.25) is 0 Å². The molecule has 3 rings (SSSR count). The summed E-state index contributed by atoms with van der Waals surface area (Å²) in [6.45, 7) is 5.37. The minimum Gasteiger partial charge on any atom is -0.497 e. The molecule has 0 spiro atoms. The van der Waals surface area contributed by atoms with Crippen LogP contribution in [0.1, 0.15) is 47.2 Å². The van der Waals surface area contributed by atoms with Crippen molar-refractivity contribution < 1.29 is 23.9 Å². The number of nitrogens with zero attached hydrogens (tertiary/aromatic N) is 1. The van der Waals surface area contributed by atoms with Crippen LogP contribution in [-0.2, 0) is 4.74 Å². The monoisotopic (exact) mass is 433 g/mol. The van der Waals surface area contributed by atoms with Crippen LogP contribution in [0.5, 0.6) is 5.75 Å². The van der Waals surface area contributed by atoms with Gasteiger partial charge in [0.25, 0.3) is 0 Å². The van der Waals surface area contributed by atoms with Crippen LogP contribution in [0, 0.1) is 11.8 Å². The Morgan fingerprint density at radius 3 is 2.69 bits per heavy atom. The van der Waals surface area contributed by atoms with Crippen LogP contribution in [0.15, 0.2) is 48.3 Å². The molecule has 8 nitrogen and oxygen atoms in total. The first-order valence-electron chi connectivity index (χ1n) is 9.84. The number of pyridine rings is 1. The van der Waals surface area contributed by atoms with Crippen LogP contribution in [0.25, 0.3) is 0 Å². The van der Waals surface area contributed by atoms with Crippen LogP contribution < -0.4 is 15.4 Å². The van der Waals surface area contributed by atoms with E-state index in [0.29, 0.717) is 17.0 Å². The number of allylic oxidation sites excluding steroid dienone is 2. The summed E-state index contributed by atoms with van der Waals surface area (Å²) < 4.78 is 10.4. The van der Waals surface area contributed by atoms with E-state index in [1.165, 1.54) is 19.4 Å². The maximum Gasteiger partial charge on any atom is 0.408 e. The number of hydrogen-bond donors (Lipinski definition) is 2. The maximum absolute atomic E-state index is 12.8. The van der Waals surface area contributed by atoms with E-state index in [1.54, 1.807) is 51.1 Å². The lowest BCUT2D eigenvalue weighted by atomic mass is 9.97. The summed E-state index contributed by atoms with van der Waals surface area (Å²) in [7, 11) is 1.53. The van der Waals surface area contributed by atoms with E-state index in [2.05, 4.69) is 27.5 Å². The van der Waals surface area contributed by atoms with Gasteiger partial charge in [0.1, 0.15) is 17.0 Å². The molecule has 0 saturated heterocycles. The van der Waals surface area contributed by atoms with Gasteiger partial charge in [-0.05, 0) is 51.1 Å². The second-order valence-electron chi connectivity index (χ2n) is 7.84. The molecular weight excluding hydrogens is 410 g/mol. The Balaban J connectivity index is 1.80. The maximum atomic E-state index is 12.8. The third-order valence-electron chi connectivity index (χ3n) is 4.24. The third kappa shape index (κ3) is 5.52. The molecule has 0 unspecified atom stereocenters. The molecule has 1 aromatic heterocycles. The zero-order chi connectivity index (χ0) is 23.3. The number of rotatable bonds is 4. The molecule has 164 valence electrons. The highest BCUT2D eigenvalue weighted by atomic mass is 16.6. The fourth-order valence-electron chi connectivity index (χ4n) is 2.87. The second kappa shape index (κ2) is 9.35. The Labute approximate surface area is 186 Å². The predicted octanol–water partition coefficient (Wildman–Crippen LogP) is 3.34. The fourth-order valence-corrected chi connectivity index (χ4v) is 2.87. The van der Waals surface area contributed by atoms with E-state index < -0.39 is 11.7 Å². The van der Waals surface area contributed by atoms with Gasteiger partial charge in [-0.15, -0.1) is 0 Å². The number of methoxy groups -OCH3 is 1. The van der Waals surface area contributed by atoms with Gasteiger partial charge in [0.2, 0.25) is 11.6 Å². The van der Waals surface area contributed by atoms with E-state index in [9.17, 15) is 14.4 Å². The summed E-state index contributed by atoms with van der Waals surface area (Å²) in [6.07, 6.45) is 2.13. The molecule has 2 aromatic rings. The fraction of sp³-hybridized carbons (Fsp3) is 0.250. The summed E-state index contributed by atoms with van der Waals surface area (Å²) in [5.41, 5.74) is 0.920. The molecule has 1 heterocycles. The zero-order valence-electron chi connectivity index (χ0n) is 18.2. The van der Waals surface area contributed by atoms with Gasteiger partial charge >= 0.3 is 6.09 Å². The lowest BCUT2D eigenvalue weighted by Gasteiger charge is -2.19. The average molecular weight is 433 g/mol. The van der Waals surface area contributed by atoms with Gasteiger partial charge < -0.3 is 20.1 Å². The first-order chi connectivity index (χ1) is 15.2. The highest BCUT2D eigenvalue weighted by Crippen LogP contribution is 2.26. The highest BCUT2D eigenvalue weighted by Gasteiger charge is 2.26. The quantitative estimate of drug-likeness (QED) is 0.712. The summed E-state index contributed by atoms with van der Waals surface area (Å²) in [6, 6.07) is 8.26. The number of carbonyl (C=O) groups is 3. The smallest absolute Gasteiger partial charge is 0.408 e. The summed E-state index contributed by atoms with van der Waals surface area (Å²) >= 11 is 0. The molecule has 0 saturated carbocycles. The van der Waals surface area contributed by atoms with Crippen LogP contribution in [0.3, 0.4) is 0 Å². The van der Waals surface area contributed by atoms with E-state index >= 15 is 0 Å². The van der Waals surface area contributed by atoms with Crippen LogP contribution in [-0.4, -0.2) is 41.9 Å². The van der Waals surface area contributed by atoms with Gasteiger partial charge in [0.15, 0.2) is 0 Å². The first kappa shape index (κ1) is 22.6. The number of aromatic nitrogens is 1. The average Bonchev–Trinajstić information content (AvgIpc) is 2.74. The van der Waals surface area contributed by atoms with E-state index in [4.69, 9.17) is 9.47 Å². The molecular formula is C24H23N3O5. The second-order valence-corrected chi connectivity index (χ2v) is 7.84. The highest BCUT2D eigenvalue weighted by molar-refractivity contribution is 6.24. The van der Waals surface area contributed by atoms with Crippen molar-refractivity contribution in [3.63, 3.8) is 0 Å². The molecule has 2 N–H and O–H groups in total. The third-order valence-corrected chi connectivity index (χ3v) is 4.24. The number of fused-ring (bicyclic) bond motifs is 1. The number of hydrogen-bond acceptors (Lipinski definition) is 7. The lowest BCUT2D eigenvalue weighted by molar-refractivity contribution is 0.0535. The van der Waals surface area contributed by atoms with E-state index in [-0.39, 0.29) is 35.1 Å². The van der Waals surface area contributed by atoms with Crippen molar-refractivity contribution in [1.82, 2.24) is 10.3 Å². The van der Waals surface area contributed by atoms with Crippen molar-refractivity contribution in [2.45, 2.75) is 26.4 Å². The number of ketones is 2. The Kier molecular flexibility index (Phi) is 6.59. The summed E-state index contributed by atoms with van der Waals surface area (Å²) in [5.74, 6) is 5.66. The minimum absolute atomic E-state index is 0.0602. The number of carbonyl (C=O) groups excluding carboxylic acids is 3. The van der Waals surface area contributed by atoms with Gasteiger partial charge in [-0.25, -0.2) is 4.79 Å². The normalized spacial score (nSPS) is 12.7. The molecule has 0 radical (unpaired) electrons. The van der Waals surface area contributed by atoms with Crippen LogP contribution >= 0.6 is 0 Å². The molecule has 0 bridgehead atoms. The molecule has 8 heteroatoms. The molecule has 1 amide bonds. The minimum atomic E-state index is -0.604. The summed E-state index contributed by atoms with van der Waals surface area (Å²) in [4.78, 5) is 40.9. The molecule has 1 aliphatic rings. The van der Waals surface area contributed by atoms with Crippen molar-refractivity contribution in [2.75, 3.05) is 19.0 Å². The largest absolute Gasteiger partial charge is 0.497 e. The summed E-state index contributed by atoms with van der Waals surface area (Å²) in [5, 5.41) is 5.55. The SMILES string of the molecule is COc1ccc(NC2=CC(=O)c3ncccc3C2=O)c(C#CCNC(=O)OC(C)(C)C)c1. The van der Waals surface area contributed by atoms with Gasteiger partial charge in [0.05, 0.1) is 36.2 Å². The molecule has 0 aliphatic heterocycles. The molecule has 0 atom stereocenters. The van der Waals surface area contributed by atoms with Crippen molar-refractivity contribution in [3.05, 3.63) is 65.1 Å². The predicted molar refractivity (Wildman–Crippen MR) is 119 cm³/mol. The van der Waals surface area contributed by atoms with Crippen molar-refractivity contribution in [3.8, 4) is 17.6 Å². The van der Waals surface area contributed by atoms with Gasteiger partial charge in [-0.2, -0.15) is 0 Å². The Bertz CT molecular complexity index is 1170. The lowest BCUT2D eigenvalue weighted by Crippen LogP contribution is -2.32. The Morgan fingerprint density at radius 1 is 1.19 bits per heavy atom. The van der Waals surface area contributed by atoms with Crippen LogP contribution in [0.4, 0.5) is 10.5 Å². The van der Waals surface area contributed by atoms with Crippen molar-refractivity contribution >= 4 is 23.3 Å². The van der Waals surface area contributed by atoms with E-state index in [1.807, 2.05) is 0 Å². The van der Waals surface area contributed by atoms with Gasteiger partial charge in [-0.1, -0.05) is 11.8 Å². The Hall–Kier alpha value is -4.12.